The number of benzene rings is 2. The van der Waals surface area contributed by atoms with E-state index >= 15 is 0 Å². The average Bonchev–Trinajstić information content (AvgIpc) is 2.97. The summed E-state index contributed by atoms with van der Waals surface area (Å²) in [4.78, 5) is 19.1. The van der Waals surface area contributed by atoms with Gasteiger partial charge in [-0.1, -0.05) is 30.7 Å². The molecule has 0 spiro atoms. The van der Waals surface area contributed by atoms with E-state index in [0.717, 1.165) is 36.7 Å². The van der Waals surface area contributed by atoms with Gasteiger partial charge in [-0.25, -0.2) is 0 Å². The lowest BCUT2D eigenvalue weighted by atomic mass is 10.1. The van der Waals surface area contributed by atoms with E-state index in [-0.39, 0.29) is 10.8 Å². The van der Waals surface area contributed by atoms with E-state index in [1.54, 1.807) is 24.4 Å². The molecule has 160 valence electrons. The second kappa shape index (κ2) is 8.85. The van der Waals surface area contributed by atoms with E-state index in [1.807, 2.05) is 36.2 Å². The molecule has 8 heteroatoms. The molecule has 1 aromatic heterocycles. The van der Waals surface area contributed by atoms with E-state index in [1.165, 1.54) is 12.1 Å². The van der Waals surface area contributed by atoms with Gasteiger partial charge in [0.05, 0.1) is 16.0 Å². The molecule has 1 fully saturated rings. The zero-order chi connectivity index (χ0) is 21.8. The number of carbonyl (C=O) groups is 1. The molecule has 0 saturated carbocycles. The first-order valence-electron chi connectivity index (χ1n) is 10.2. The number of pyridine rings is 1. The van der Waals surface area contributed by atoms with Gasteiger partial charge in [-0.15, -0.1) is 4.40 Å². The van der Waals surface area contributed by atoms with Crippen molar-refractivity contribution in [3.05, 3.63) is 66.4 Å². The Kier molecular flexibility index (Phi) is 5.99. The van der Waals surface area contributed by atoms with Crippen LogP contribution in [-0.2, 0) is 10.0 Å². The van der Waals surface area contributed by atoms with Gasteiger partial charge in [0.2, 0.25) is 0 Å². The number of likely N-dealkylation sites (tertiary alicyclic amines) is 1. The lowest BCUT2D eigenvalue weighted by Crippen LogP contribution is -2.26. The smallest absolute Gasteiger partial charge is 0.284 e. The Labute approximate surface area is 181 Å². The molecular weight excluding hydrogens is 412 g/mol. The van der Waals surface area contributed by atoms with Gasteiger partial charge in [-0.2, -0.15) is 8.42 Å². The van der Waals surface area contributed by atoms with Crippen molar-refractivity contribution in [2.75, 3.05) is 18.9 Å². The number of aromatic nitrogens is 1. The SMILES string of the molecule is CN1CCCCC/C1=N/S(=O)(=O)c1cccc(NC(=O)c2ccnc3ccccc23)c1. The molecule has 1 amide bonds. The van der Waals surface area contributed by atoms with Gasteiger partial charge in [0.1, 0.15) is 5.84 Å². The van der Waals surface area contributed by atoms with Crippen LogP contribution in [0, 0.1) is 0 Å². The summed E-state index contributed by atoms with van der Waals surface area (Å²) in [6.07, 6.45) is 5.24. The molecule has 31 heavy (non-hydrogen) atoms. The number of hydrogen-bond acceptors (Lipinski definition) is 4. The molecule has 0 unspecified atom stereocenters. The summed E-state index contributed by atoms with van der Waals surface area (Å²) in [5, 5.41) is 3.53. The van der Waals surface area contributed by atoms with Crippen molar-refractivity contribution in [2.24, 2.45) is 4.40 Å². The van der Waals surface area contributed by atoms with Crippen molar-refractivity contribution in [2.45, 2.75) is 30.6 Å². The third kappa shape index (κ3) is 4.74. The first-order chi connectivity index (χ1) is 14.9. The molecule has 0 radical (unpaired) electrons. The van der Waals surface area contributed by atoms with Crippen LogP contribution in [0.2, 0.25) is 0 Å². The van der Waals surface area contributed by atoms with Gasteiger partial charge in [0.25, 0.3) is 15.9 Å². The Balaban J connectivity index is 1.60. The number of fused-ring (bicyclic) bond motifs is 1. The highest BCUT2D eigenvalue weighted by Gasteiger charge is 2.19. The van der Waals surface area contributed by atoms with Crippen molar-refractivity contribution in [1.82, 2.24) is 9.88 Å². The fraction of sp³-hybridized carbons (Fsp3) is 0.261. The average molecular weight is 437 g/mol. The first-order valence-corrected chi connectivity index (χ1v) is 11.7. The largest absolute Gasteiger partial charge is 0.362 e. The van der Waals surface area contributed by atoms with Crippen molar-refractivity contribution < 1.29 is 13.2 Å². The molecule has 1 saturated heterocycles. The van der Waals surface area contributed by atoms with Gasteiger partial charge >= 0.3 is 0 Å². The number of nitrogens with one attached hydrogen (secondary N) is 1. The van der Waals surface area contributed by atoms with Crippen LogP contribution in [-0.4, -0.2) is 43.6 Å². The van der Waals surface area contributed by atoms with Crippen molar-refractivity contribution in [1.29, 1.82) is 0 Å². The fourth-order valence-electron chi connectivity index (χ4n) is 3.66. The predicted molar refractivity (Wildman–Crippen MR) is 122 cm³/mol. The van der Waals surface area contributed by atoms with Crippen LogP contribution in [0.1, 0.15) is 36.0 Å². The molecule has 1 aliphatic rings. The third-order valence-corrected chi connectivity index (χ3v) is 6.64. The van der Waals surface area contributed by atoms with Crippen LogP contribution < -0.4 is 5.32 Å². The molecule has 3 aromatic rings. The Bertz CT molecular complexity index is 1250. The number of anilines is 1. The minimum atomic E-state index is -3.88. The number of rotatable bonds is 4. The quantitative estimate of drug-likeness (QED) is 0.665. The van der Waals surface area contributed by atoms with E-state index in [9.17, 15) is 13.2 Å². The Morgan fingerprint density at radius 3 is 2.77 bits per heavy atom. The highest BCUT2D eigenvalue weighted by atomic mass is 32.2. The number of hydrogen-bond donors (Lipinski definition) is 1. The topological polar surface area (TPSA) is 91.7 Å². The van der Waals surface area contributed by atoms with Crippen molar-refractivity contribution >= 4 is 38.4 Å². The maximum Gasteiger partial charge on any atom is 0.284 e. The summed E-state index contributed by atoms with van der Waals surface area (Å²) in [5.74, 6) is 0.248. The number of amidine groups is 1. The third-order valence-electron chi connectivity index (χ3n) is 5.34. The van der Waals surface area contributed by atoms with Gasteiger partial charge in [-0.3, -0.25) is 9.78 Å². The summed E-state index contributed by atoms with van der Waals surface area (Å²) in [7, 11) is -2.01. The number of carbonyl (C=O) groups excluding carboxylic acids is 1. The molecule has 4 rings (SSSR count). The minimum Gasteiger partial charge on any atom is -0.362 e. The van der Waals surface area contributed by atoms with Crippen molar-refractivity contribution in [3.8, 4) is 0 Å². The lowest BCUT2D eigenvalue weighted by Gasteiger charge is -2.17. The monoisotopic (exact) mass is 436 g/mol. The predicted octanol–water partition coefficient (Wildman–Crippen LogP) is 4.08. The van der Waals surface area contributed by atoms with Gasteiger partial charge in [0.15, 0.2) is 0 Å². The number of sulfonamides is 1. The molecule has 2 heterocycles. The van der Waals surface area contributed by atoms with Crippen LogP contribution >= 0.6 is 0 Å². The Morgan fingerprint density at radius 1 is 1.06 bits per heavy atom. The molecule has 0 bridgehead atoms. The zero-order valence-electron chi connectivity index (χ0n) is 17.3. The lowest BCUT2D eigenvalue weighted by molar-refractivity contribution is 0.102. The Morgan fingerprint density at radius 2 is 1.90 bits per heavy atom. The van der Waals surface area contributed by atoms with Crippen LogP contribution in [0.4, 0.5) is 5.69 Å². The van der Waals surface area contributed by atoms with Gasteiger partial charge < -0.3 is 10.2 Å². The molecule has 1 N–H and O–H groups in total. The molecule has 0 atom stereocenters. The maximum absolute atomic E-state index is 12.9. The van der Waals surface area contributed by atoms with Gasteiger partial charge in [-0.05, 0) is 43.2 Å². The van der Waals surface area contributed by atoms with Gasteiger partial charge in [0, 0.05) is 37.3 Å². The van der Waals surface area contributed by atoms with E-state index in [2.05, 4.69) is 14.7 Å². The van der Waals surface area contributed by atoms with E-state index in [0.29, 0.717) is 23.5 Å². The molecule has 0 aliphatic carbocycles. The molecule has 2 aromatic carbocycles. The first kappa shape index (κ1) is 21.0. The maximum atomic E-state index is 12.9. The number of nitrogens with zero attached hydrogens (tertiary/aromatic N) is 3. The van der Waals surface area contributed by atoms with Crippen LogP contribution in [0.5, 0.6) is 0 Å². The highest BCUT2D eigenvalue weighted by molar-refractivity contribution is 7.90. The summed E-state index contributed by atoms with van der Waals surface area (Å²) in [6, 6.07) is 15.2. The zero-order valence-corrected chi connectivity index (χ0v) is 18.1. The second-order valence-corrected chi connectivity index (χ2v) is 9.18. The Hall–Kier alpha value is -3.26. The van der Waals surface area contributed by atoms with E-state index < -0.39 is 10.0 Å². The second-order valence-electron chi connectivity index (χ2n) is 7.57. The number of amides is 1. The van der Waals surface area contributed by atoms with Crippen LogP contribution in [0.15, 0.2) is 70.1 Å². The van der Waals surface area contributed by atoms with E-state index in [4.69, 9.17) is 0 Å². The molecule has 7 nitrogen and oxygen atoms in total. The highest BCUT2D eigenvalue weighted by Crippen LogP contribution is 2.22. The standard InChI is InChI=1S/C23H24N4O3S/c1-27-15-6-2-3-12-22(27)26-31(29,30)18-9-7-8-17(16-18)25-23(28)20-13-14-24-21-11-5-4-10-19(20)21/h4-5,7-11,13-14,16H,2-3,6,12,15H2,1H3,(H,25,28)/b26-22-. The fourth-order valence-corrected chi connectivity index (χ4v) is 4.80. The van der Waals surface area contributed by atoms with Crippen LogP contribution in [0.25, 0.3) is 10.9 Å². The molecule has 1 aliphatic heterocycles. The summed E-state index contributed by atoms with van der Waals surface area (Å²) < 4.78 is 29.9. The normalized spacial score (nSPS) is 16.3. The van der Waals surface area contributed by atoms with Crippen molar-refractivity contribution in [3.63, 3.8) is 0 Å². The van der Waals surface area contributed by atoms with Crippen LogP contribution in [0.3, 0.4) is 0 Å². The molecular formula is C23H24N4O3S. The number of para-hydroxylation sites is 1. The summed E-state index contributed by atoms with van der Waals surface area (Å²) in [5.41, 5.74) is 1.58. The summed E-state index contributed by atoms with van der Waals surface area (Å²) >= 11 is 0. The minimum absolute atomic E-state index is 0.0510. The summed E-state index contributed by atoms with van der Waals surface area (Å²) in [6.45, 7) is 0.796.